The van der Waals surface area contributed by atoms with Gasteiger partial charge in [0.15, 0.2) is 11.5 Å². The van der Waals surface area contributed by atoms with Crippen LogP contribution in [-0.2, 0) is 17.9 Å². The van der Waals surface area contributed by atoms with Crippen molar-refractivity contribution in [3.05, 3.63) is 97.3 Å². The molecule has 0 atom stereocenters. The highest BCUT2D eigenvalue weighted by Gasteiger charge is 2.35. The number of ether oxygens (including phenoxy) is 2. The highest BCUT2D eigenvalue weighted by Crippen LogP contribution is 2.36. The summed E-state index contributed by atoms with van der Waals surface area (Å²) in [4.78, 5) is 27.0. The smallest absolute Gasteiger partial charge is 0.293 e. The van der Waals surface area contributed by atoms with Gasteiger partial charge >= 0.3 is 0 Å². The summed E-state index contributed by atoms with van der Waals surface area (Å²) < 4.78 is 11.7. The number of nitrogens with zero attached hydrogens (tertiary/aromatic N) is 1. The zero-order chi connectivity index (χ0) is 24.9. The lowest BCUT2D eigenvalue weighted by atomic mass is 10.1. The van der Waals surface area contributed by atoms with E-state index in [1.807, 2.05) is 19.1 Å². The summed E-state index contributed by atoms with van der Waals surface area (Å²) in [5, 5.41) is 1.10. The van der Waals surface area contributed by atoms with Crippen molar-refractivity contribution in [2.75, 3.05) is 6.61 Å². The molecule has 3 aromatic rings. The van der Waals surface area contributed by atoms with Crippen LogP contribution in [0.25, 0.3) is 6.08 Å². The maximum atomic E-state index is 12.9. The molecule has 1 aliphatic heterocycles. The molecule has 0 unspecified atom stereocenters. The fourth-order valence-electron chi connectivity index (χ4n) is 3.38. The second-order valence-electron chi connectivity index (χ2n) is 7.54. The monoisotopic (exact) mass is 547 g/mol. The molecule has 2 amide bonds. The molecule has 1 heterocycles. The molecule has 1 saturated heterocycles. The van der Waals surface area contributed by atoms with Gasteiger partial charge < -0.3 is 9.47 Å². The number of carbonyl (C=O) groups is 2. The minimum atomic E-state index is -0.363. The summed E-state index contributed by atoms with van der Waals surface area (Å²) in [5.41, 5.74) is 2.27. The molecule has 1 aliphatic rings. The number of hydrogen-bond donors (Lipinski definition) is 0. The first-order valence-corrected chi connectivity index (χ1v) is 12.6. The largest absolute Gasteiger partial charge is 0.490 e. The second kappa shape index (κ2) is 11.4. The SMILES string of the molecule is CCOc1cc(/C=C2\SC(=O)N(Cc3ccccc3Cl)C2=O)ccc1OCc1ccc(Cl)c(Cl)c1. The molecule has 35 heavy (non-hydrogen) atoms. The van der Waals surface area contributed by atoms with Gasteiger partial charge in [-0.25, -0.2) is 0 Å². The highest BCUT2D eigenvalue weighted by atomic mass is 35.5. The lowest BCUT2D eigenvalue weighted by molar-refractivity contribution is -0.123. The molecule has 180 valence electrons. The molecule has 0 aliphatic carbocycles. The maximum absolute atomic E-state index is 12.9. The molecule has 0 saturated carbocycles. The summed E-state index contributed by atoms with van der Waals surface area (Å²) in [5.74, 6) is 0.705. The third-order valence-corrected chi connectivity index (χ3v) is 7.12. The Balaban J connectivity index is 1.51. The minimum Gasteiger partial charge on any atom is -0.490 e. The van der Waals surface area contributed by atoms with Gasteiger partial charge in [0, 0.05) is 5.02 Å². The van der Waals surface area contributed by atoms with Gasteiger partial charge in [0.25, 0.3) is 11.1 Å². The van der Waals surface area contributed by atoms with E-state index in [4.69, 9.17) is 44.3 Å². The van der Waals surface area contributed by atoms with Crippen molar-refractivity contribution in [2.45, 2.75) is 20.1 Å². The van der Waals surface area contributed by atoms with E-state index in [-0.39, 0.29) is 24.3 Å². The molecule has 5 nitrogen and oxygen atoms in total. The van der Waals surface area contributed by atoms with Crippen molar-refractivity contribution in [1.82, 2.24) is 4.90 Å². The number of amides is 2. The van der Waals surface area contributed by atoms with Crippen LogP contribution in [0.15, 0.2) is 65.6 Å². The number of rotatable bonds is 8. The molecule has 4 rings (SSSR count). The van der Waals surface area contributed by atoms with Gasteiger partial charge in [-0.2, -0.15) is 0 Å². The maximum Gasteiger partial charge on any atom is 0.293 e. The van der Waals surface area contributed by atoms with Gasteiger partial charge in [-0.15, -0.1) is 0 Å². The molecule has 0 radical (unpaired) electrons. The highest BCUT2D eigenvalue weighted by molar-refractivity contribution is 8.18. The lowest BCUT2D eigenvalue weighted by Crippen LogP contribution is -2.27. The van der Waals surface area contributed by atoms with E-state index in [0.717, 1.165) is 17.3 Å². The molecular weight excluding hydrogens is 529 g/mol. The topological polar surface area (TPSA) is 55.8 Å². The fraction of sp³-hybridized carbons (Fsp3) is 0.154. The zero-order valence-corrected chi connectivity index (χ0v) is 21.7. The van der Waals surface area contributed by atoms with E-state index in [1.165, 1.54) is 4.90 Å². The number of benzene rings is 3. The number of carbonyl (C=O) groups excluding carboxylic acids is 2. The van der Waals surface area contributed by atoms with Crippen LogP contribution in [0.2, 0.25) is 15.1 Å². The van der Waals surface area contributed by atoms with Crippen molar-refractivity contribution >= 4 is 63.8 Å². The van der Waals surface area contributed by atoms with Crippen molar-refractivity contribution in [2.24, 2.45) is 0 Å². The summed E-state index contributed by atoms with van der Waals surface area (Å²) >= 11 is 19.1. The van der Waals surface area contributed by atoms with Crippen LogP contribution in [0.4, 0.5) is 4.79 Å². The van der Waals surface area contributed by atoms with Crippen molar-refractivity contribution in [1.29, 1.82) is 0 Å². The van der Waals surface area contributed by atoms with E-state index in [9.17, 15) is 9.59 Å². The summed E-state index contributed by atoms with van der Waals surface area (Å²) in [7, 11) is 0. The molecule has 0 spiro atoms. The Hall–Kier alpha value is -2.64. The molecule has 0 aromatic heterocycles. The van der Waals surface area contributed by atoms with Gasteiger partial charge in [-0.3, -0.25) is 14.5 Å². The Kier molecular flexibility index (Phi) is 8.29. The fourth-order valence-corrected chi connectivity index (χ4v) is 4.73. The first-order valence-electron chi connectivity index (χ1n) is 10.7. The average Bonchev–Trinajstić information content (AvgIpc) is 3.09. The quantitative estimate of drug-likeness (QED) is 0.268. The van der Waals surface area contributed by atoms with Crippen molar-refractivity contribution < 1.29 is 19.1 Å². The molecular formula is C26H20Cl3NO4S. The predicted octanol–water partition coefficient (Wildman–Crippen LogP) is 7.86. The zero-order valence-electron chi connectivity index (χ0n) is 18.6. The number of halogens is 3. The molecule has 3 aromatic carbocycles. The van der Waals surface area contributed by atoms with Gasteiger partial charge in [0.1, 0.15) is 6.61 Å². The Labute approximate surface area is 222 Å². The summed E-state index contributed by atoms with van der Waals surface area (Å²) in [6, 6.07) is 17.8. The standard InChI is InChI=1S/C26H20Cl3NO4S/c1-2-33-23-12-16(8-10-22(23)34-15-17-7-9-20(28)21(29)11-17)13-24-25(31)30(26(32)35-24)14-18-5-3-4-6-19(18)27/h3-13H,2,14-15H2,1H3/b24-13-. The van der Waals surface area contributed by atoms with Gasteiger partial charge in [-0.05, 0) is 71.8 Å². The lowest BCUT2D eigenvalue weighted by Gasteiger charge is -2.14. The Morgan fingerprint density at radius 3 is 2.43 bits per heavy atom. The number of thioether (sulfide) groups is 1. The van der Waals surface area contributed by atoms with Crippen molar-refractivity contribution in [3.8, 4) is 11.5 Å². The van der Waals surface area contributed by atoms with Crippen LogP contribution >= 0.6 is 46.6 Å². The van der Waals surface area contributed by atoms with Gasteiger partial charge in [-0.1, -0.05) is 65.1 Å². The molecule has 1 fully saturated rings. The molecule has 0 bridgehead atoms. The van der Waals surface area contributed by atoms with E-state index in [0.29, 0.717) is 49.2 Å². The van der Waals surface area contributed by atoms with Crippen LogP contribution in [0.5, 0.6) is 11.5 Å². The van der Waals surface area contributed by atoms with E-state index >= 15 is 0 Å². The van der Waals surface area contributed by atoms with Crippen LogP contribution < -0.4 is 9.47 Å². The Morgan fingerprint density at radius 1 is 0.886 bits per heavy atom. The Morgan fingerprint density at radius 2 is 1.69 bits per heavy atom. The molecule has 0 N–H and O–H groups in total. The first kappa shape index (κ1) is 25.5. The van der Waals surface area contributed by atoms with Gasteiger partial charge in [0.05, 0.1) is 28.1 Å². The minimum absolute atomic E-state index is 0.118. The third-order valence-electron chi connectivity index (χ3n) is 5.10. The normalized spacial score (nSPS) is 14.6. The third kappa shape index (κ3) is 6.14. The van der Waals surface area contributed by atoms with E-state index in [1.54, 1.807) is 54.6 Å². The van der Waals surface area contributed by atoms with Crippen LogP contribution in [-0.4, -0.2) is 22.7 Å². The van der Waals surface area contributed by atoms with E-state index in [2.05, 4.69) is 0 Å². The second-order valence-corrected chi connectivity index (χ2v) is 9.75. The number of imide groups is 1. The average molecular weight is 549 g/mol. The number of hydrogen-bond acceptors (Lipinski definition) is 5. The molecule has 9 heteroatoms. The van der Waals surface area contributed by atoms with Gasteiger partial charge in [0.2, 0.25) is 0 Å². The predicted molar refractivity (Wildman–Crippen MR) is 141 cm³/mol. The summed E-state index contributed by atoms with van der Waals surface area (Å²) in [6.07, 6.45) is 1.67. The van der Waals surface area contributed by atoms with Crippen LogP contribution in [0.3, 0.4) is 0 Å². The first-order chi connectivity index (χ1) is 16.9. The van der Waals surface area contributed by atoms with Crippen LogP contribution in [0, 0.1) is 0 Å². The van der Waals surface area contributed by atoms with Crippen LogP contribution in [0.1, 0.15) is 23.6 Å². The Bertz CT molecular complexity index is 1310. The summed E-state index contributed by atoms with van der Waals surface area (Å²) in [6.45, 7) is 2.70. The van der Waals surface area contributed by atoms with Crippen molar-refractivity contribution in [3.63, 3.8) is 0 Å². The van der Waals surface area contributed by atoms with E-state index < -0.39 is 0 Å².